The number of allylic oxidation sites excluding steroid dienone is 4. The number of hydrogen-bond acceptors (Lipinski definition) is 3. The van der Waals surface area contributed by atoms with Crippen molar-refractivity contribution in [2.45, 2.75) is 19.8 Å². The Hall–Kier alpha value is -1.84. The van der Waals surface area contributed by atoms with Crippen molar-refractivity contribution in [2.24, 2.45) is 0 Å². The van der Waals surface area contributed by atoms with E-state index in [9.17, 15) is 9.59 Å². The molecule has 86 valence electrons. The Labute approximate surface area is 93.9 Å². The quantitative estimate of drug-likeness (QED) is 0.770. The van der Waals surface area contributed by atoms with E-state index in [0.29, 0.717) is 12.8 Å². The summed E-state index contributed by atoms with van der Waals surface area (Å²) in [5, 5.41) is 8.95. The second-order valence-electron chi connectivity index (χ2n) is 3.30. The zero-order chi connectivity index (χ0) is 12.0. The van der Waals surface area contributed by atoms with Gasteiger partial charge in [-0.3, -0.25) is 4.79 Å². The van der Waals surface area contributed by atoms with Gasteiger partial charge in [0.15, 0.2) is 5.78 Å². The summed E-state index contributed by atoms with van der Waals surface area (Å²) in [5.74, 6) is -0.844. The molecule has 0 unspecified atom stereocenters. The molecule has 0 saturated carbocycles. The summed E-state index contributed by atoms with van der Waals surface area (Å²) in [7, 11) is 0. The summed E-state index contributed by atoms with van der Waals surface area (Å²) in [5.41, 5.74) is 0.0812. The molecular weight excluding hydrogens is 208 g/mol. The van der Waals surface area contributed by atoms with Crippen LogP contribution in [0.2, 0.25) is 0 Å². The minimum atomic E-state index is -1.05. The largest absolute Gasteiger partial charge is 0.485 e. The molecule has 1 aliphatic carbocycles. The van der Waals surface area contributed by atoms with Crippen LogP contribution >= 0.6 is 0 Å². The fourth-order valence-corrected chi connectivity index (χ4v) is 1.18. The average molecular weight is 222 g/mol. The van der Waals surface area contributed by atoms with E-state index in [0.717, 1.165) is 0 Å². The molecule has 0 aromatic carbocycles. The van der Waals surface area contributed by atoms with E-state index in [4.69, 9.17) is 9.84 Å². The standard InChI is InChI=1S/C12H14O4/c1-2-9(13)8-16-11-7-5-3-4-6-10(11)12(14)15/h3-4,6-7H,2,5,8H2,1H3,(H,14,15). The van der Waals surface area contributed by atoms with Crippen molar-refractivity contribution in [2.75, 3.05) is 6.61 Å². The Balaban J connectivity index is 2.73. The fraction of sp³-hybridized carbons (Fsp3) is 0.333. The van der Waals surface area contributed by atoms with Gasteiger partial charge in [0.1, 0.15) is 17.9 Å². The third-order valence-corrected chi connectivity index (χ3v) is 2.12. The third-order valence-electron chi connectivity index (χ3n) is 2.12. The van der Waals surface area contributed by atoms with Crippen LogP contribution in [0.5, 0.6) is 0 Å². The molecular formula is C12H14O4. The van der Waals surface area contributed by atoms with E-state index in [2.05, 4.69) is 0 Å². The summed E-state index contributed by atoms with van der Waals surface area (Å²) in [6, 6.07) is 0. The van der Waals surface area contributed by atoms with Crippen molar-refractivity contribution < 1.29 is 19.4 Å². The Morgan fingerprint density at radius 2 is 2.25 bits per heavy atom. The van der Waals surface area contributed by atoms with Crippen molar-refractivity contribution in [1.29, 1.82) is 0 Å². The van der Waals surface area contributed by atoms with Gasteiger partial charge in [-0.2, -0.15) is 0 Å². The highest BCUT2D eigenvalue weighted by molar-refractivity contribution is 5.91. The van der Waals surface area contributed by atoms with Crippen LogP contribution in [0.1, 0.15) is 19.8 Å². The number of carbonyl (C=O) groups is 2. The maximum Gasteiger partial charge on any atom is 0.339 e. The summed E-state index contributed by atoms with van der Waals surface area (Å²) < 4.78 is 5.21. The van der Waals surface area contributed by atoms with Crippen LogP contribution in [-0.4, -0.2) is 23.5 Å². The first kappa shape index (κ1) is 12.2. The lowest BCUT2D eigenvalue weighted by Gasteiger charge is -2.09. The molecule has 0 heterocycles. The van der Waals surface area contributed by atoms with Crippen molar-refractivity contribution in [3.8, 4) is 0 Å². The van der Waals surface area contributed by atoms with Crippen LogP contribution in [0.25, 0.3) is 0 Å². The monoisotopic (exact) mass is 222 g/mol. The number of ketones is 1. The summed E-state index contributed by atoms with van der Waals surface area (Å²) in [6.07, 6.45) is 7.60. The van der Waals surface area contributed by atoms with Gasteiger partial charge in [-0.1, -0.05) is 19.1 Å². The fourth-order valence-electron chi connectivity index (χ4n) is 1.18. The zero-order valence-corrected chi connectivity index (χ0v) is 9.10. The van der Waals surface area contributed by atoms with Crippen LogP contribution in [-0.2, 0) is 14.3 Å². The Kier molecular flexibility index (Phi) is 4.51. The number of aliphatic carboxylic acids is 1. The minimum absolute atomic E-state index is 0.0529. The predicted octanol–water partition coefficient (Wildman–Crippen LogP) is 1.84. The molecule has 0 radical (unpaired) electrons. The maximum atomic E-state index is 11.1. The molecule has 1 aliphatic rings. The molecule has 0 aliphatic heterocycles. The lowest BCUT2D eigenvalue weighted by molar-refractivity contribution is -0.133. The molecule has 0 amide bonds. The molecule has 1 N–H and O–H groups in total. The molecule has 0 bridgehead atoms. The van der Waals surface area contributed by atoms with Gasteiger partial charge >= 0.3 is 5.97 Å². The molecule has 1 rings (SSSR count). The summed E-state index contributed by atoms with van der Waals surface area (Å²) in [6.45, 7) is 1.66. The Bertz CT molecular complexity index is 374. The van der Waals surface area contributed by atoms with Gasteiger partial charge in [0, 0.05) is 6.42 Å². The van der Waals surface area contributed by atoms with E-state index < -0.39 is 5.97 Å². The van der Waals surface area contributed by atoms with Crippen LogP contribution in [0.3, 0.4) is 0 Å². The number of carbonyl (C=O) groups excluding carboxylic acids is 1. The van der Waals surface area contributed by atoms with Crippen LogP contribution in [0.4, 0.5) is 0 Å². The minimum Gasteiger partial charge on any atom is -0.485 e. The second kappa shape index (κ2) is 5.90. The summed E-state index contributed by atoms with van der Waals surface area (Å²) in [4.78, 5) is 22.0. The molecule has 0 aromatic heterocycles. The van der Waals surface area contributed by atoms with E-state index in [-0.39, 0.29) is 23.7 Å². The number of carboxylic acids is 1. The van der Waals surface area contributed by atoms with Crippen molar-refractivity contribution in [3.63, 3.8) is 0 Å². The first-order chi connectivity index (χ1) is 7.65. The van der Waals surface area contributed by atoms with Gasteiger partial charge in [-0.15, -0.1) is 0 Å². The molecule has 4 nitrogen and oxygen atoms in total. The van der Waals surface area contributed by atoms with Gasteiger partial charge in [0.05, 0.1) is 0 Å². The number of ether oxygens (including phenoxy) is 1. The van der Waals surface area contributed by atoms with Gasteiger partial charge in [-0.25, -0.2) is 4.79 Å². The van der Waals surface area contributed by atoms with Crippen molar-refractivity contribution >= 4 is 11.8 Å². The van der Waals surface area contributed by atoms with E-state index in [1.807, 2.05) is 6.08 Å². The van der Waals surface area contributed by atoms with Gasteiger partial charge < -0.3 is 9.84 Å². The first-order valence-electron chi connectivity index (χ1n) is 5.10. The van der Waals surface area contributed by atoms with Gasteiger partial charge in [0.2, 0.25) is 0 Å². The number of rotatable bonds is 5. The SMILES string of the molecule is CCC(=O)COC1=CCC=CC=C1C(=O)O. The molecule has 0 atom stereocenters. The average Bonchev–Trinajstić information content (AvgIpc) is 2.50. The normalized spacial score (nSPS) is 14.8. The van der Waals surface area contributed by atoms with Crippen molar-refractivity contribution in [3.05, 3.63) is 35.6 Å². The van der Waals surface area contributed by atoms with Gasteiger partial charge in [-0.05, 0) is 18.6 Å². The third kappa shape index (κ3) is 3.38. The van der Waals surface area contributed by atoms with Crippen LogP contribution in [0.15, 0.2) is 35.6 Å². The Morgan fingerprint density at radius 3 is 2.88 bits per heavy atom. The van der Waals surface area contributed by atoms with E-state index >= 15 is 0 Å². The number of hydrogen-bond donors (Lipinski definition) is 1. The predicted molar refractivity (Wildman–Crippen MR) is 58.8 cm³/mol. The molecule has 0 aromatic rings. The molecule has 4 heteroatoms. The van der Waals surface area contributed by atoms with Crippen LogP contribution in [0, 0.1) is 0 Å². The van der Waals surface area contributed by atoms with Crippen molar-refractivity contribution in [1.82, 2.24) is 0 Å². The molecule has 0 spiro atoms. The first-order valence-corrected chi connectivity index (χ1v) is 5.10. The zero-order valence-electron chi connectivity index (χ0n) is 9.10. The maximum absolute atomic E-state index is 11.1. The molecule has 0 saturated heterocycles. The van der Waals surface area contributed by atoms with Crippen LogP contribution < -0.4 is 0 Å². The highest BCUT2D eigenvalue weighted by atomic mass is 16.5. The molecule has 0 fully saturated rings. The Morgan fingerprint density at radius 1 is 1.50 bits per heavy atom. The number of Topliss-reactive ketones (excluding diaryl/α,β-unsaturated/α-hetero) is 1. The lowest BCUT2D eigenvalue weighted by atomic mass is 10.2. The topological polar surface area (TPSA) is 63.6 Å². The number of carboxylic acid groups (broad SMARTS) is 1. The molecule has 16 heavy (non-hydrogen) atoms. The van der Waals surface area contributed by atoms with Gasteiger partial charge in [0.25, 0.3) is 0 Å². The summed E-state index contributed by atoms with van der Waals surface area (Å²) >= 11 is 0. The lowest BCUT2D eigenvalue weighted by Crippen LogP contribution is -2.11. The smallest absolute Gasteiger partial charge is 0.339 e. The second-order valence-corrected chi connectivity index (χ2v) is 3.30. The highest BCUT2D eigenvalue weighted by Crippen LogP contribution is 2.16. The van der Waals surface area contributed by atoms with E-state index in [1.54, 1.807) is 19.1 Å². The van der Waals surface area contributed by atoms with E-state index in [1.165, 1.54) is 6.08 Å². The highest BCUT2D eigenvalue weighted by Gasteiger charge is 2.15.